The van der Waals surface area contributed by atoms with E-state index in [4.69, 9.17) is 9.47 Å². The molecular formula is C20H22N4O3. The zero-order chi connectivity index (χ0) is 19.0. The first-order valence-electron chi connectivity index (χ1n) is 9.13. The van der Waals surface area contributed by atoms with Crippen molar-refractivity contribution in [2.45, 2.75) is 33.2 Å². The minimum absolute atomic E-state index is 0.0567. The maximum atomic E-state index is 12.5. The molecule has 4 rings (SSSR count). The third-order valence-electron chi connectivity index (χ3n) is 5.55. The Balaban J connectivity index is 1.61. The summed E-state index contributed by atoms with van der Waals surface area (Å²) in [7, 11) is 0. The molecule has 140 valence electrons. The van der Waals surface area contributed by atoms with Crippen LogP contribution in [0, 0.1) is 17.8 Å². The lowest BCUT2D eigenvalue weighted by molar-refractivity contribution is -0.229. The number of esters is 1. The smallest absolute Gasteiger partial charge is 0.340 e. The van der Waals surface area contributed by atoms with Crippen LogP contribution in [0.3, 0.4) is 0 Å². The van der Waals surface area contributed by atoms with Gasteiger partial charge in [0.05, 0.1) is 5.56 Å². The lowest BCUT2D eigenvalue weighted by Gasteiger charge is -2.42. The highest BCUT2D eigenvalue weighted by molar-refractivity contribution is 5.89. The largest absolute Gasteiger partial charge is 0.432 e. The number of benzene rings is 1. The highest BCUT2D eigenvalue weighted by Crippen LogP contribution is 2.42. The van der Waals surface area contributed by atoms with Gasteiger partial charge in [0.15, 0.2) is 5.82 Å². The van der Waals surface area contributed by atoms with Crippen molar-refractivity contribution in [3.05, 3.63) is 60.2 Å². The highest BCUT2D eigenvalue weighted by Gasteiger charge is 2.43. The average Bonchev–Trinajstić information content (AvgIpc) is 3.13. The molecule has 3 heterocycles. The third kappa shape index (κ3) is 3.19. The third-order valence-corrected chi connectivity index (χ3v) is 5.55. The minimum atomic E-state index is -0.655. The van der Waals surface area contributed by atoms with Crippen molar-refractivity contribution in [2.24, 2.45) is 17.8 Å². The van der Waals surface area contributed by atoms with E-state index >= 15 is 0 Å². The number of ether oxygens (including phenoxy) is 2. The van der Waals surface area contributed by atoms with Gasteiger partial charge in [-0.05, 0) is 30.0 Å². The van der Waals surface area contributed by atoms with E-state index in [1.165, 1.54) is 0 Å². The summed E-state index contributed by atoms with van der Waals surface area (Å²) in [5.74, 6) is 1.31. The molecule has 0 aliphatic carbocycles. The van der Waals surface area contributed by atoms with Crippen LogP contribution in [0.2, 0.25) is 0 Å². The SMILES string of the molecule is CC1C(OC(=O)c2ccccc2)OC(c2nnc3ncccn23)[C@H](C)[C@@H]1C. The van der Waals surface area contributed by atoms with Gasteiger partial charge in [0.2, 0.25) is 6.29 Å². The molecule has 27 heavy (non-hydrogen) atoms. The summed E-state index contributed by atoms with van der Waals surface area (Å²) in [4.78, 5) is 16.7. The number of hydrogen-bond donors (Lipinski definition) is 0. The molecule has 7 nitrogen and oxygen atoms in total. The summed E-state index contributed by atoms with van der Waals surface area (Å²) in [6, 6.07) is 10.8. The van der Waals surface area contributed by atoms with Crippen molar-refractivity contribution in [3.8, 4) is 0 Å². The lowest BCUT2D eigenvalue weighted by atomic mass is 9.78. The maximum Gasteiger partial charge on any atom is 0.340 e. The molecule has 1 aromatic carbocycles. The number of carbonyl (C=O) groups is 1. The second-order valence-corrected chi connectivity index (χ2v) is 7.12. The number of carbonyl (C=O) groups excluding carboxylic acids is 1. The van der Waals surface area contributed by atoms with Gasteiger partial charge in [0, 0.05) is 18.3 Å². The molecule has 0 bridgehead atoms. The standard InChI is InChI=1S/C20H22N4O3/c1-12-13(2)16(17-22-23-20-21-10-7-11-24(17)20)26-19(14(12)3)27-18(25)15-8-5-4-6-9-15/h4-14,16,19H,1-3H3/t12-,13+,14?,16?,19?/m0/s1. The van der Waals surface area contributed by atoms with Crippen LogP contribution in [0.25, 0.3) is 5.78 Å². The number of nitrogens with zero attached hydrogens (tertiary/aromatic N) is 4. The Bertz CT molecular complexity index is 943. The number of hydrogen-bond acceptors (Lipinski definition) is 6. The molecule has 3 aromatic rings. The molecule has 0 N–H and O–H groups in total. The van der Waals surface area contributed by atoms with Gasteiger partial charge in [0.1, 0.15) is 6.10 Å². The predicted molar refractivity (Wildman–Crippen MR) is 97.7 cm³/mol. The Hall–Kier alpha value is -2.80. The minimum Gasteiger partial charge on any atom is -0.432 e. The van der Waals surface area contributed by atoms with Crippen LogP contribution in [0.1, 0.15) is 43.1 Å². The van der Waals surface area contributed by atoms with E-state index < -0.39 is 6.29 Å². The monoisotopic (exact) mass is 366 g/mol. The topological polar surface area (TPSA) is 78.6 Å². The predicted octanol–water partition coefficient (Wildman–Crippen LogP) is 3.29. The van der Waals surface area contributed by atoms with E-state index in [9.17, 15) is 4.79 Å². The second kappa shape index (κ2) is 7.08. The molecule has 1 aliphatic heterocycles. The molecule has 0 spiro atoms. The van der Waals surface area contributed by atoms with Crippen molar-refractivity contribution in [2.75, 3.05) is 0 Å². The zero-order valence-corrected chi connectivity index (χ0v) is 15.5. The molecule has 2 aromatic heterocycles. The summed E-state index contributed by atoms with van der Waals surface area (Å²) >= 11 is 0. The van der Waals surface area contributed by atoms with Crippen molar-refractivity contribution in [3.63, 3.8) is 0 Å². The number of rotatable bonds is 3. The fraction of sp³-hybridized carbons (Fsp3) is 0.400. The quantitative estimate of drug-likeness (QED) is 0.662. The van der Waals surface area contributed by atoms with Gasteiger partial charge in [-0.2, -0.15) is 0 Å². The molecule has 1 fully saturated rings. The first-order valence-corrected chi connectivity index (χ1v) is 9.13. The molecule has 5 atom stereocenters. The van der Waals surface area contributed by atoms with Crippen LogP contribution in [0.15, 0.2) is 48.8 Å². The van der Waals surface area contributed by atoms with Crippen LogP contribution in [-0.4, -0.2) is 31.8 Å². The fourth-order valence-corrected chi connectivity index (χ4v) is 3.53. The first-order chi connectivity index (χ1) is 13.1. The molecule has 1 saturated heterocycles. The highest BCUT2D eigenvalue weighted by atomic mass is 16.7. The van der Waals surface area contributed by atoms with Crippen LogP contribution in [0.4, 0.5) is 0 Å². The first kappa shape index (κ1) is 17.6. The Kier molecular flexibility index (Phi) is 4.61. The fourth-order valence-electron chi connectivity index (χ4n) is 3.53. The lowest BCUT2D eigenvalue weighted by Crippen LogP contribution is -2.43. The second-order valence-electron chi connectivity index (χ2n) is 7.12. The molecule has 0 radical (unpaired) electrons. The van der Waals surface area contributed by atoms with Crippen molar-refractivity contribution in [1.29, 1.82) is 0 Å². The molecule has 1 aliphatic rings. The van der Waals surface area contributed by atoms with Crippen LogP contribution >= 0.6 is 0 Å². The van der Waals surface area contributed by atoms with E-state index in [0.29, 0.717) is 17.2 Å². The van der Waals surface area contributed by atoms with E-state index in [1.807, 2.05) is 41.8 Å². The van der Waals surface area contributed by atoms with E-state index in [0.717, 1.165) is 0 Å². The number of aromatic nitrogens is 4. The summed E-state index contributed by atoms with van der Waals surface area (Å²) in [6.45, 7) is 6.32. The van der Waals surface area contributed by atoms with Crippen molar-refractivity contribution >= 4 is 11.7 Å². The van der Waals surface area contributed by atoms with E-state index in [-0.39, 0.29) is 29.8 Å². The van der Waals surface area contributed by atoms with Gasteiger partial charge in [-0.1, -0.05) is 39.0 Å². The van der Waals surface area contributed by atoms with Gasteiger partial charge in [0.25, 0.3) is 5.78 Å². The summed E-state index contributed by atoms with van der Waals surface area (Å²) in [5, 5.41) is 8.41. The van der Waals surface area contributed by atoms with E-state index in [2.05, 4.69) is 29.0 Å². The number of fused-ring (bicyclic) bond motifs is 1. The van der Waals surface area contributed by atoms with Gasteiger partial charge in [-0.15, -0.1) is 10.2 Å². The van der Waals surface area contributed by atoms with Crippen LogP contribution < -0.4 is 0 Å². The maximum absolute atomic E-state index is 12.5. The Labute approximate surface area is 157 Å². The van der Waals surface area contributed by atoms with Crippen LogP contribution in [-0.2, 0) is 9.47 Å². The summed E-state index contributed by atoms with van der Waals surface area (Å²) < 4.78 is 13.8. The van der Waals surface area contributed by atoms with Crippen LogP contribution in [0.5, 0.6) is 0 Å². The molecule has 3 unspecified atom stereocenters. The van der Waals surface area contributed by atoms with Crippen molar-refractivity contribution < 1.29 is 14.3 Å². The van der Waals surface area contributed by atoms with Gasteiger partial charge < -0.3 is 9.47 Å². The average molecular weight is 366 g/mol. The van der Waals surface area contributed by atoms with Crippen molar-refractivity contribution in [1.82, 2.24) is 19.6 Å². The Morgan fingerprint density at radius 2 is 1.81 bits per heavy atom. The normalized spacial score (nSPS) is 28.2. The molecule has 7 heteroatoms. The van der Waals surface area contributed by atoms with E-state index in [1.54, 1.807) is 18.3 Å². The Morgan fingerprint density at radius 3 is 2.59 bits per heavy atom. The van der Waals surface area contributed by atoms with Gasteiger partial charge in [-0.3, -0.25) is 4.40 Å². The van der Waals surface area contributed by atoms with Gasteiger partial charge in [-0.25, -0.2) is 9.78 Å². The summed E-state index contributed by atoms with van der Waals surface area (Å²) in [6.07, 6.45) is 2.54. The zero-order valence-electron chi connectivity index (χ0n) is 15.5. The van der Waals surface area contributed by atoms with Gasteiger partial charge >= 0.3 is 5.97 Å². The molecule has 0 amide bonds. The Morgan fingerprint density at radius 1 is 1.04 bits per heavy atom. The summed E-state index contributed by atoms with van der Waals surface area (Å²) in [5.41, 5.74) is 0.508. The molecule has 0 saturated carbocycles. The molecular weight excluding hydrogens is 344 g/mol.